The van der Waals surface area contributed by atoms with Crippen molar-refractivity contribution in [3.63, 3.8) is 0 Å². The third kappa shape index (κ3) is 3.86. The molecule has 8 nitrogen and oxygen atoms in total. The van der Waals surface area contributed by atoms with Crippen LogP contribution in [-0.4, -0.2) is 79.5 Å². The summed E-state index contributed by atoms with van der Waals surface area (Å²) in [6.45, 7) is 4.74. The highest BCUT2D eigenvalue weighted by atomic mass is 32.2. The van der Waals surface area contributed by atoms with Crippen LogP contribution in [-0.2, 0) is 19.6 Å². The standard InChI is InChI=1S/C22H33FN4O4S/c1-21(2)15-3-6-22(21,19(28)9-15)14-32(30,31)26-7-4-17(5-8-26)25-12-20(29)27-13-16(23)10-18(27)11-24/h15-18,25H,3-10,12-14H2,1-2H3/t15-,16+,18+,22+/m1/s1. The average molecular weight is 469 g/mol. The van der Waals surface area contributed by atoms with Crippen molar-refractivity contribution in [2.45, 2.75) is 70.6 Å². The van der Waals surface area contributed by atoms with E-state index in [0.29, 0.717) is 38.8 Å². The molecule has 10 heteroatoms. The number of nitrogens with zero attached hydrogens (tertiary/aromatic N) is 3. The number of sulfonamides is 1. The van der Waals surface area contributed by atoms with Crippen molar-refractivity contribution < 1.29 is 22.4 Å². The zero-order valence-electron chi connectivity index (χ0n) is 18.8. The Morgan fingerprint density at radius 1 is 1.28 bits per heavy atom. The van der Waals surface area contributed by atoms with Crippen molar-refractivity contribution in [2.75, 3.05) is 31.9 Å². The molecule has 1 N–H and O–H groups in total. The fourth-order valence-electron chi connectivity index (χ4n) is 6.36. The van der Waals surface area contributed by atoms with Crippen LogP contribution in [0.15, 0.2) is 0 Å². The smallest absolute Gasteiger partial charge is 0.237 e. The fourth-order valence-corrected chi connectivity index (χ4v) is 8.61. The van der Waals surface area contributed by atoms with Crippen LogP contribution in [0.4, 0.5) is 4.39 Å². The Morgan fingerprint density at radius 2 is 1.97 bits per heavy atom. The van der Waals surface area contributed by atoms with Gasteiger partial charge in [0.05, 0.1) is 24.9 Å². The summed E-state index contributed by atoms with van der Waals surface area (Å²) in [5.74, 6) is -0.0240. The largest absolute Gasteiger partial charge is 0.323 e. The van der Waals surface area contributed by atoms with Crippen LogP contribution >= 0.6 is 0 Å². The van der Waals surface area contributed by atoms with Gasteiger partial charge >= 0.3 is 0 Å². The van der Waals surface area contributed by atoms with Gasteiger partial charge in [0.25, 0.3) is 0 Å². The first-order valence-electron chi connectivity index (χ1n) is 11.6. The lowest BCUT2D eigenvalue weighted by molar-refractivity contribution is -0.130. The number of likely N-dealkylation sites (tertiary alicyclic amines) is 1. The van der Waals surface area contributed by atoms with Crippen LogP contribution in [0.2, 0.25) is 0 Å². The number of carbonyl (C=O) groups excluding carboxylic acids is 2. The number of nitriles is 1. The first-order chi connectivity index (χ1) is 15.0. The van der Waals surface area contributed by atoms with Crippen LogP contribution in [0.25, 0.3) is 0 Å². The van der Waals surface area contributed by atoms with Gasteiger partial charge in [-0.25, -0.2) is 17.1 Å². The molecule has 2 aliphatic heterocycles. The van der Waals surface area contributed by atoms with Crippen LogP contribution in [0.1, 0.15) is 52.4 Å². The van der Waals surface area contributed by atoms with E-state index in [2.05, 4.69) is 5.32 Å². The Kier molecular flexibility index (Phi) is 6.14. The molecule has 2 saturated carbocycles. The number of rotatable bonds is 6. The summed E-state index contributed by atoms with van der Waals surface area (Å²) in [7, 11) is -3.57. The van der Waals surface area contributed by atoms with Gasteiger partial charge in [0.2, 0.25) is 15.9 Å². The molecule has 0 spiro atoms. The number of hydrogen-bond donors (Lipinski definition) is 1. The number of fused-ring (bicyclic) bond motifs is 2. The SMILES string of the molecule is CC1(C)[C@@H]2CC[C@]1(CS(=O)(=O)N1CCC(NCC(=O)N3C[C@@H](F)C[C@H]3C#N)CC1)C(=O)C2. The quantitative estimate of drug-likeness (QED) is 0.628. The second-order valence-electron chi connectivity index (χ2n) is 10.5. The number of carbonyl (C=O) groups is 2. The topological polar surface area (TPSA) is 111 Å². The Morgan fingerprint density at radius 3 is 2.53 bits per heavy atom. The van der Waals surface area contributed by atoms with E-state index < -0.39 is 27.7 Å². The molecule has 4 rings (SSSR count). The van der Waals surface area contributed by atoms with Crippen LogP contribution < -0.4 is 5.32 Å². The van der Waals surface area contributed by atoms with E-state index in [1.165, 1.54) is 9.21 Å². The third-order valence-electron chi connectivity index (χ3n) is 8.68. The summed E-state index contributed by atoms with van der Waals surface area (Å²) < 4.78 is 41.5. The lowest BCUT2D eigenvalue weighted by Gasteiger charge is -2.39. The second-order valence-corrected chi connectivity index (χ2v) is 12.5. The van der Waals surface area contributed by atoms with E-state index in [-0.39, 0.29) is 54.3 Å². The highest BCUT2D eigenvalue weighted by molar-refractivity contribution is 7.89. The summed E-state index contributed by atoms with van der Waals surface area (Å²) in [5, 5.41) is 12.3. The number of halogens is 1. The highest BCUT2D eigenvalue weighted by Gasteiger charge is 2.65. The van der Waals surface area contributed by atoms with Gasteiger partial charge in [-0.3, -0.25) is 9.59 Å². The lowest BCUT2D eigenvalue weighted by atomic mass is 9.70. The molecule has 0 aromatic rings. The van der Waals surface area contributed by atoms with Gasteiger partial charge in [0.1, 0.15) is 18.0 Å². The number of piperidine rings is 1. The minimum Gasteiger partial charge on any atom is -0.323 e. The third-order valence-corrected chi connectivity index (χ3v) is 10.7. The first-order valence-corrected chi connectivity index (χ1v) is 13.2. The molecule has 4 atom stereocenters. The first kappa shape index (κ1) is 23.6. The molecule has 32 heavy (non-hydrogen) atoms. The fraction of sp³-hybridized carbons (Fsp3) is 0.864. The van der Waals surface area contributed by atoms with E-state index in [1.807, 2.05) is 19.9 Å². The molecule has 2 heterocycles. The van der Waals surface area contributed by atoms with Crippen molar-refractivity contribution in [3.8, 4) is 6.07 Å². The maximum absolute atomic E-state index is 13.5. The number of alkyl halides is 1. The minimum atomic E-state index is -3.57. The number of Topliss-reactive ketones (excluding diaryl/α,β-unsaturated/α-hetero) is 1. The zero-order valence-corrected chi connectivity index (χ0v) is 19.7. The van der Waals surface area contributed by atoms with Gasteiger partial charge < -0.3 is 10.2 Å². The van der Waals surface area contributed by atoms with Gasteiger partial charge in [-0.2, -0.15) is 5.26 Å². The van der Waals surface area contributed by atoms with E-state index in [1.54, 1.807) is 0 Å². The van der Waals surface area contributed by atoms with Gasteiger partial charge in [0.15, 0.2) is 0 Å². The molecular weight excluding hydrogens is 435 g/mol. The van der Waals surface area contributed by atoms with Crippen LogP contribution in [0.3, 0.4) is 0 Å². The number of hydrogen-bond acceptors (Lipinski definition) is 6. The molecule has 0 unspecified atom stereocenters. The molecule has 4 fully saturated rings. The molecule has 4 aliphatic rings. The Bertz CT molecular complexity index is 925. The van der Waals surface area contributed by atoms with Gasteiger partial charge in [-0.1, -0.05) is 13.8 Å². The lowest BCUT2D eigenvalue weighted by Crippen LogP contribution is -2.51. The van der Waals surface area contributed by atoms with Crippen molar-refractivity contribution in [1.82, 2.24) is 14.5 Å². The monoisotopic (exact) mass is 468 g/mol. The Balaban J connectivity index is 1.30. The summed E-state index contributed by atoms with van der Waals surface area (Å²) in [6.07, 6.45) is 2.09. The van der Waals surface area contributed by atoms with E-state index >= 15 is 0 Å². The maximum Gasteiger partial charge on any atom is 0.237 e. The Labute approximate surface area is 189 Å². The van der Waals surface area contributed by atoms with Crippen LogP contribution in [0, 0.1) is 28.1 Å². The second kappa shape index (κ2) is 8.33. The molecule has 178 valence electrons. The van der Waals surface area contributed by atoms with E-state index in [4.69, 9.17) is 5.26 Å². The Hall–Kier alpha value is -1.57. The number of amides is 1. The molecule has 2 saturated heterocycles. The summed E-state index contributed by atoms with van der Waals surface area (Å²) in [6, 6.07) is 1.24. The zero-order chi connectivity index (χ0) is 23.3. The predicted molar refractivity (Wildman–Crippen MR) is 116 cm³/mol. The van der Waals surface area contributed by atoms with E-state index in [9.17, 15) is 22.4 Å². The average Bonchev–Trinajstić information content (AvgIpc) is 3.30. The van der Waals surface area contributed by atoms with Crippen LogP contribution in [0.5, 0.6) is 0 Å². The molecule has 0 aromatic carbocycles. The van der Waals surface area contributed by atoms with Gasteiger partial charge in [-0.15, -0.1) is 0 Å². The predicted octanol–water partition coefficient (Wildman–Crippen LogP) is 1.23. The van der Waals surface area contributed by atoms with Crippen molar-refractivity contribution in [1.29, 1.82) is 5.26 Å². The van der Waals surface area contributed by atoms with Gasteiger partial charge in [-0.05, 0) is 37.0 Å². The molecule has 0 aromatic heterocycles. The van der Waals surface area contributed by atoms with E-state index in [0.717, 1.165) is 6.42 Å². The molecule has 0 radical (unpaired) electrons. The molecule has 2 bridgehead atoms. The number of ketones is 1. The normalized spacial score (nSPS) is 35.4. The van der Waals surface area contributed by atoms with Crippen molar-refractivity contribution >= 4 is 21.7 Å². The summed E-state index contributed by atoms with van der Waals surface area (Å²) >= 11 is 0. The highest BCUT2D eigenvalue weighted by Crippen LogP contribution is 2.64. The minimum absolute atomic E-state index is 0.00943. The summed E-state index contributed by atoms with van der Waals surface area (Å²) in [4.78, 5) is 26.4. The number of nitrogens with one attached hydrogen (secondary N) is 1. The van der Waals surface area contributed by atoms with Crippen molar-refractivity contribution in [2.24, 2.45) is 16.7 Å². The molecule has 2 aliphatic carbocycles. The molecule has 1 amide bonds. The van der Waals surface area contributed by atoms with Gasteiger partial charge in [0, 0.05) is 37.4 Å². The summed E-state index contributed by atoms with van der Waals surface area (Å²) in [5.41, 5.74) is -1.05. The molecular formula is C22H33FN4O4S. The maximum atomic E-state index is 13.5. The van der Waals surface area contributed by atoms with Crippen molar-refractivity contribution in [3.05, 3.63) is 0 Å².